The Morgan fingerprint density at radius 1 is 1.21 bits per heavy atom. The van der Waals surface area contributed by atoms with Gasteiger partial charge in [-0.2, -0.15) is 5.10 Å². The molecule has 0 fully saturated rings. The first kappa shape index (κ1) is 12.9. The molecule has 0 unspecified atom stereocenters. The Morgan fingerprint density at radius 2 is 1.84 bits per heavy atom. The van der Waals surface area contributed by atoms with Gasteiger partial charge in [-0.1, -0.05) is 0 Å². The van der Waals surface area contributed by atoms with Gasteiger partial charge in [0.25, 0.3) is 0 Å². The molecule has 6 nitrogen and oxygen atoms in total. The van der Waals surface area contributed by atoms with Crippen LogP contribution in [0.3, 0.4) is 0 Å². The van der Waals surface area contributed by atoms with Crippen molar-refractivity contribution < 1.29 is 20.1 Å². The lowest BCUT2D eigenvalue weighted by Crippen LogP contribution is -1.99. The molecular formula is C13H14N2O4. The van der Waals surface area contributed by atoms with E-state index < -0.39 is 5.97 Å². The molecule has 1 aromatic carbocycles. The fraction of sp³-hybridized carbons (Fsp3) is 0.231. The summed E-state index contributed by atoms with van der Waals surface area (Å²) in [5, 5.41) is 32.6. The Hall–Kier alpha value is -2.50. The average Bonchev–Trinajstić information content (AvgIpc) is 2.73. The maximum absolute atomic E-state index is 10.9. The summed E-state index contributed by atoms with van der Waals surface area (Å²) >= 11 is 0. The lowest BCUT2D eigenvalue weighted by Gasteiger charge is -2.11. The number of hydrogen-bond acceptors (Lipinski definition) is 4. The molecular weight excluding hydrogens is 248 g/mol. The van der Waals surface area contributed by atoms with Crippen LogP contribution in [0.25, 0.3) is 11.3 Å². The SMILES string of the molecule is Cc1cc(-c2cc(C(=O)O)nn2C)c(O)c(O)c1C. The molecule has 2 rings (SSSR count). The number of carbonyl (C=O) groups is 1. The number of aromatic carboxylic acids is 1. The molecule has 0 aliphatic carbocycles. The van der Waals surface area contributed by atoms with Crippen molar-refractivity contribution in [2.45, 2.75) is 13.8 Å². The highest BCUT2D eigenvalue weighted by Gasteiger charge is 2.19. The van der Waals surface area contributed by atoms with Gasteiger partial charge in [-0.3, -0.25) is 4.68 Å². The third-order valence-electron chi connectivity index (χ3n) is 3.16. The maximum Gasteiger partial charge on any atom is 0.356 e. The first-order valence-electron chi connectivity index (χ1n) is 5.62. The van der Waals surface area contributed by atoms with Gasteiger partial charge in [0.1, 0.15) is 0 Å². The van der Waals surface area contributed by atoms with Crippen molar-refractivity contribution in [3.05, 3.63) is 29.0 Å². The van der Waals surface area contributed by atoms with E-state index in [1.54, 1.807) is 27.0 Å². The van der Waals surface area contributed by atoms with Crippen molar-refractivity contribution in [2.24, 2.45) is 7.05 Å². The summed E-state index contributed by atoms with van der Waals surface area (Å²) in [6, 6.07) is 3.04. The second kappa shape index (κ2) is 4.31. The third-order valence-corrected chi connectivity index (χ3v) is 3.16. The van der Waals surface area contributed by atoms with Gasteiger partial charge in [0.05, 0.1) is 5.69 Å². The Morgan fingerprint density at radius 3 is 2.37 bits per heavy atom. The summed E-state index contributed by atoms with van der Waals surface area (Å²) in [5.41, 5.74) is 2.04. The van der Waals surface area contributed by atoms with E-state index in [-0.39, 0.29) is 17.2 Å². The van der Waals surface area contributed by atoms with Crippen molar-refractivity contribution in [1.82, 2.24) is 9.78 Å². The van der Waals surface area contributed by atoms with Gasteiger partial charge >= 0.3 is 5.97 Å². The zero-order valence-corrected chi connectivity index (χ0v) is 10.8. The van der Waals surface area contributed by atoms with Crippen molar-refractivity contribution in [3.8, 4) is 22.8 Å². The second-order valence-electron chi connectivity index (χ2n) is 4.41. The molecule has 0 aliphatic rings. The molecule has 0 saturated heterocycles. The number of aromatic nitrogens is 2. The summed E-state index contributed by atoms with van der Waals surface area (Å²) in [5.74, 6) is -1.62. The van der Waals surface area contributed by atoms with E-state index in [2.05, 4.69) is 5.10 Å². The van der Waals surface area contributed by atoms with Gasteiger partial charge in [-0.05, 0) is 37.1 Å². The molecule has 2 aromatic rings. The van der Waals surface area contributed by atoms with Crippen LogP contribution in [-0.2, 0) is 7.05 Å². The third kappa shape index (κ3) is 2.01. The molecule has 0 atom stereocenters. The van der Waals surface area contributed by atoms with E-state index in [1.807, 2.05) is 0 Å². The van der Waals surface area contributed by atoms with E-state index in [9.17, 15) is 15.0 Å². The zero-order chi connectivity index (χ0) is 14.3. The number of hydrogen-bond donors (Lipinski definition) is 3. The number of phenols is 2. The standard InChI is InChI=1S/C13H14N2O4/c1-6-4-8(12(17)11(16)7(6)2)10-5-9(13(18)19)14-15(10)3/h4-5,16-17H,1-3H3,(H,18,19). The second-order valence-corrected chi connectivity index (χ2v) is 4.41. The predicted molar refractivity (Wildman–Crippen MR) is 68.4 cm³/mol. The van der Waals surface area contributed by atoms with Gasteiger partial charge in [-0.25, -0.2) is 4.79 Å². The Kier molecular flexibility index (Phi) is 2.94. The van der Waals surface area contributed by atoms with Gasteiger partial charge in [-0.15, -0.1) is 0 Å². The van der Waals surface area contributed by atoms with Crippen LogP contribution < -0.4 is 0 Å². The number of nitrogens with zero attached hydrogens (tertiary/aromatic N) is 2. The van der Waals surface area contributed by atoms with E-state index in [0.717, 1.165) is 5.56 Å². The Bertz CT molecular complexity index is 674. The molecule has 6 heteroatoms. The smallest absolute Gasteiger partial charge is 0.356 e. The molecule has 0 amide bonds. The lowest BCUT2D eigenvalue weighted by molar-refractivity contribution is 0.0689. The van der Waals surface area contributed by atoms with Crippen molar-refractivity contribution in [3.63, 3.8) is 0 Å². The van der Waals surface area contributed by atoms with Crippen molar-refractivity contribution >= 4 is 5.97 Å². The number of rotatable bonds is 2. The maximum atomic E-state index is 10.9. The van der Waals surface area contributed by atoms with E-state index in [0.29, 0.717) is 16.8 Å². The predicted octanol–water partition coefficient (Wildman–Crippen LogP) is 1.81. The van der Waals surface area contributed by atoms with Crippen LogP contribution in [0.5, 0.6) is 11.5 Å². The number of aromatic hydroxyl groups is 2. The minimum absolute atomic E-state index is 0.116. The molecule has 100 valence electrons. The van der Waals surface area contributed by atoms with Crippen LogP contribution in [0.4, 0.5) is 0 Å². The topological polar surface area (TPSA) is 95.6 Å². The molecule has 1 heterocycles. The largest absolute Gasteiger partial charge is 0.504 e. The van der Waals surface area contributed by atoms with Crippen LogP contribution in [-0.4, -0.2) is 31.1 Å². The summed E-state index contributed by atoms with van der Waals surface area (Å²) < 4.78 is 1.35. The zero-order valence-electron chi connectivity index (χ0n) is 10.8. The molecule has 0 saturated carbocycles. The monoisotopic (exact) mass is 262 g/mol. The summed E-state index contributed by atoms with van der Waals surface area (Å²) in [4.78, 5) is 10.9. The minimum atomic E-state index is -1.14. The van der Waals surface area contributed by atoms with Crippen LogP contribution >= 0.6 is 0 Å². The minimum Gasteiger partial charge on any atom is -0.504 e. The Balaban J connectivity index is 2.69. The van der Waals surface area contributed by atoms with E-state index in [1.165, 1.54) is 10.7 Å². The highest BCUT2D eigenvalue weighted by atomic mass is 16.4. The van der Waals surface area contributed by atoms with Crippen LogP contribution in [0.2, 0.25) is 0 Å². The molecule has 1 aromatic heterocycles. The summed E-state index contributed by atoms with van der Waals surface area (Å²) in [6.45, 7) is 3.49. The van der Waals surface area contributed by atoms with Gasteiger partial charge in [0, 0.05) is 12.6 Å². The first-order chi connectivity index (χ1) is 8.82. The van der Waals surface area contributed by atoms with Crippen LogP contribution in [0.1, 0.15) is 21.6 Å². The summed E-state index contributed by atoms with van der Waals surface area (Å²) in [7, 11) is 1.58. The number of benzene rings is 1. The number of aryl methyl sites for hydroxylation is 2. The van der Waals surface area contributed by atoms with Crippen molar-refractivity contribution in [2.75, 3.05) is 0 Å². The first-order valence-corrected chi connectivity index (χ1v) is 5.62. The number of carboxylic acid groups (broad SMARTS) is 1. The van der Waals surface area contributed by atoms with E-state index >= 15 is 0 Å². The Labute approximate surface area is 109 Å². The number of carboxylic acids is 1. The number of phenolic OH excluding ortho intramolecular Hbond substituents is 2. The van der Waals surface area contributed by atoms with Gasteiger partial charge < -0.3 is 15.3 Å². The molecule has 19 heavy (non-hydrogen) atoms. The lowest BCUT2D eigenvalue weighted by atomic mass is 10.0. The average molecular weight is 262 g/mol. The molecule has 3 N–H and O–H groups in total. The normalized spacial score (nSPS) is 10.7. The van der Waals surface area contributed by atoms with Crippen molar-refractivity contribution in [1.29, 1.82) is 0 Å². The molecule has 0 radical (unpaired) electrons. The van der Waals surface area contributed by atoms with Gasteiger partial charge in [0.15, 0.2) is 17.2 Å². The molecule has 0 bridgehead atoms. The highest BCUT2D eigenvalue weighted by Crippen LogP contribution is 2.40. The quantitative estimate of drug-likeness (QED) is 0.717. The highest BCUT2D eigenvalue weighted by molar-refractivity contribution is 5.87. The fourth-order valence-electron chi connectivity index (χ4n) is 1.90. The van der Waals surface area contributed by atoms with Crippen LogP contribution in [0, 0.1) is 13.8 Å². The van der Waals surface area contributed by atoms with E-state index in [4.69, 9.17) is 5.11 Å². The fourth-order valence-corrected chi connectivity index (χ4v) is 1.90. The van der Waals surface area contributed by atoms with Gasteiger partial charge in [0.2, 0.25) is 0 Å². The molecule has 0 aliphatic heterocycles. The summed E-state index contributed by atoms with van der Waals surface area (Å²) in [6.07, 6.45) is 0. The molecule has 0 spiro atoms. The van der Waals surface area contributed by atoms with Crippen LogP contribution in [0.15, 0.2) is 12.1 Å².